The lowest BCUT2D eigenvalue weighted by Gasteiger charge is -2.40. The van der Waals surface area contributed by atoms with Crippen LogP contribution in [0.3, 0.4) is 0 Å². The number of carboxylic acid groups (broad SMARTS) is 1. The number of nitrogens with two attached hydrogens (primary N) is 1. The minimum Gasteiger partial charge on any atom is -0.535 e. The number of carbonyl (C=O) groups excluding carboxylic acids is 2. The number of aromatic carboxylic acids is 1. The van der Waals surface area contributed by atoms with Crippen LogP contribution in [0.4, 0.5) is 0 Å². The highest BCUT2D eigenvalue weighted by Gasteiger charge is 2.36. The number of amides is 2. The Bertz CT molecular complexity index is 813. The maximum Gasteiger partial charge on any atom is 0.522 e. The average Bonchev–Trinajstić information content (AvgIpc) is 2.62. The number of hydrogen-bond donors (Lipinski definition) is 4. The van der Waals surface area contributed by atoms with Gasteiger partial charge in [-0.3, -0.25) is 9.59 Å². The van der Waals surface area contributed by atoms with E-state index in [0.29, 0.717) is 31.3 Å². The molecular formula is C18H24BN3O7. The zero-order chi connectivity index (χ0) is 21.1. The molecule has 11 heteroatoms. The van der Waals surface area contributed by atoms with Crippen molar-refractivity contribution in [3.05, 3.63) is 23.3 Å². The smallest absolute Gasteiger partial charge is 0.522 e. The minimum atomic E-state index is -1.21. The number of carbonyl (C=O) groups is 3. The summed E-state index contributed by atoms with van der Waals surface area (Å²) in [6.07, 6.45) is 0.868. The molecular weight excluding hydrogens is 381 g/mol. The molecule has 1 aromatic carbocycles. The van der Waals surface area contributed by atoms with Crippen LogP contribution < -0.4 is 20.4 Å². The molecule has 3 rings (SSSR count). The van der Waals surface area contributed by atoms with Gasteiger partial charge in [-0.15, -0.1) is 0 Å². The molecule has 1 atom stereocenters. The first kappa shape index (κ1) is 20.9. The summed E-state index contributed by atoms with van der Waals surface area (Å²) in [6.45, 7) is 2.28. The molecule has 1 unspecified atom stereocenters. The summed E-state index contributed by atoms with van der Waals surface area (Å²) in [6, 6.07) is 2.58. The van der Waals surface area contributed by atoms with Crippen LogP contribution in [0.1, 0.15) is 29.3 Å². The van der Waals surface area contributed by atoms with Gasteiger partial charge in [-0.1, -0.05) is 6.07 Å². The summed E-state index contributed by atoms with van der Waals surface area (Å²) in [7, 11) is -1.05. The lowest BCUT2D eigenvalue weighted by atomic mass is 9.78. The van der Waals surface area contributed by atoms with E-state index in [1.807, 2.05) is 0 Å². The van der Waals surface area contributed by atoms with Crippen molar-refractivity contribution >= 4 is 24.9 Å². The van der Waals surface area contributed by atoms with Crippen molar-refractivity contribution in [1.29, 1.82) is 0 Å². The molecule has 1 fully saturated rings. The maximum absolute atomic E-state index is 12.3. The number of nitrogens with one attached hydrogen (secondary N) is 1. The highest BCUT2D eigenvalue weighted by Crippen LogP contribution is 2.37. The third-order valence-electron chi connectivity index (χ3n) is 4.93. The molecule has 0 saturated carbocycles. The van der Waals surface area contributed by atoms with Gasteiger partial charge in [0.05, 0.1) is 19.1 Å². The molecule has 2 heterocycles. The van der Waals surface area contributed by atoms with E-state index in [-0.39, 0.29) is 48.1 Å². The molecule has 0 aliphatic carbocycles. The molecule has 2 amide bonds. The quantitative estimate of drug-likeness (QED) is 0.433. The van der Waals surface area contributed by atoms with Crippen molar-refractivity contribution in [1.82, 2.24) is 10.2 Å². The Morgan fingerprint density at radius 1 is 1.41 bits per heavy atom. The van der Waals surface area contributed by atoms with E-state index >= 15 is 0 Å². The van der Waals surface area contributed by atoms with Gasteiger partial charge in [0.25, 0.3) is 0 Å². The molecule has 0 radical (unpaired) electrons. The van der Waals surface area contributed by atoms with Gasteiger partial charge >= 0.3 is 13.1 Å². The van der Waals surface area contributed by atoms with Crippen molar-refractivity contribution < 1.29 is 33.9 Å². The number of nitrogens with zero attached hydrogens (tertiary/aromatic N) is 1. The van der Waals surface area contributed by atoms with Crippen molar-refractivity contribution in [2.24, 2.45) is 5.73 Å². The molecule has 2 aliphatic heterocycles. The van der Waals surface area contributed by atoms with Gasteiger partial charge in [0, 0.05) is 13.5 Å². The standard InChI is InChI=1S/C18H24BN3O7/c1-10(23)21-7-5-13(20)17(24)22-8-12(9-22)28-14-3-2-11-4-6-19(27)29-16(11)15(14)18(25)26/h2-3,12-13,27H,4-9,20H2,1H3,(H,21,23)(H,25,26). The van der Waals surface area contributed by atoms with Gasteiger partial charge in [-0.2, -0.15) is 0 Å². The molecule has 0 aromatic heterocycles. The van der Waals surface area contributed by atoms with E-state index in [4.69, 9.17) is 15.1 Å². The first-order chi connectivity index (χ1) is 13.8. The molecule has 1 aromatic rings. The number of fused-ring (bicyclic) bond motifs is 1. The fourth-order valence-electron chi connectivity index (χ4n) is 3.35. The maximum atomic E-state index is 12.3. The van der Waals surface area contributed by atoms with Crippen LogP contribution in [0.5, 0.6) is 11.5 Å². The molecule has 10 nitrogen and oxygen atoms in total. The molecule has 5 N–H and O–H groups in total. The lowest BCUT2D eigenvalue weighted by molar-refractivity contribution is -0.141. The number of likely N-dealkylation sites (tertiary alicyclic amines) is 1. The highest BCUT2D eigenvalue weighted by atomic mass is 16.5. The minimum absolute atomic E-state index is 0.126. The van der Waals surface area contributed by atoms with Gasteiger partial charge in [-0.05, 0) is 30.8 Å². The third kappa shape index (κ3) is 4.80. The van der Waals surface area contributed by atoms with Crippen molar-refractivity contribution in [2.45, 2.75) is 38.2 Å². The number of carboxylic acids is 1. The fraction of sp³-hybridized carbons (Fsp3) is 0.500. The number of benzene rings is 1. The fourth-order valence-corrected chi connectivity index (χ4v) is 3.35. The van der Waals surface area contributed by atoms with E-state index in [2.05, 4.69) is 5.32 Å². The van der Waals surface area contributed by atoms with E-state index in [0.717, 1.165) is 0 Å². The summed E-state index contributed by atoms with van der Waals surface area (Å²) in [5, 5.41) is 21.9. The highest BCUT2D eigenvalue weighted by molar-refractivity contribution is 6.44. The predicted molar refractivity (Wildman–Crippen MR) is 103 cm³/mol. The second kappa shape index (κ2) is 8.70. The van der Waals surface area contributed by atoms with Crippen LogP contribution in [0.2, 0.25) is 6.32 Å². The molecule has 2 aliphatic rings. The molecule has 0 spiro atoms. The summed E-state index contributed by atoms with van der Waals surface area (Å²) in [4.78, 5) is 36.4. The van der Waals surface area contributed by atoms with E-state index in [1.54, 1.807) is 12.1 Å². The predicted octanol–water partition coefficient (Wildman–Crippen LogP) is -0.757. The van der Waals surface area contributed by atoms with E-state index in [1.165, 1.54) is 11.8 Å². The Balaban J connectivity index is 1.59. The van der Waals surface area contributed by atoms with Crippen molar-refractivity contribution in [2.75, 3.05) is 19.6 Å². The van der Waals surface area contributed by atoms with Crippen molar-refractivity contribution in [3.63, 3.8) is 0 Å². The molecule has 0 bridgehead atoms. The number of rotatable bonds is 7. The number of hydrogen-bond acceptors (Lipinski definition) is 7. The second-order valence-corrected chi connectivity index (χ2v) is 7.20. The second-order valence-electron chi connectivity index (χ2n) is 7.20. The van der Waals surface area contributed by atoms with Crippen molar-refractivity contribution in [3.8, 4) is 11.5 Å². The van der Waals surface area contributed by atoms with Gasteiger partial charge in [0.15, 0.2) is 0 Å². The normalized spacial score (nSPS) is 16.9. The Hall–Kier alpha value is -2.79. The van der Waals surface area contributed by atoms with Crippen LogP contribution in [0.25, 0.3) is 0 Å². The number of ether oxygens (including phenoxy) is 1. The number of aryl methyl sites for hydroxylation is 1. The van der Waals surface area contributed by atoms with Crippen LogP contribution in [0.15, 0.2) is 12.1 Å². The summed E-state index contributed by atoms with van der Waals surface area (Å²) in [5.74, 6) is -1.37. The molecule has 156 valence electrons. The van der Waals surface area contributed by atoms with Crippen LogP contribution in [-0.4, -0.2) is 71.7 Å². The summed E-state index contributed by atoms with van der Waals surface area (Å²) >= 11 is 0. The van der Waals surface area contributed by atoms with Gasteiger partial charge in [-0.25, -0.2) is 4.79 Å². The van der Waals surface area contributed by atoms with Crippen LogP contribution in [-0.2, 0) is 16.0 Å². The Morgan fingerprint density at radius 2 is 2.14 bits per heavy atom. The zero-order valence-corrected chi connectivity index (χ0v) is 16.1. The SMILES string of the molecule is CC(=O)NCCC(N)C(=O)N1CC(Oc2ccc3c(c2C(=O)O)OB(O)CC3)C1. The Kier molecular flexibility index (Phi) is 6.28. The van der Waals surface area contributed by atoms with Gasteiger partial charge in [0.2, 0.25) is 11.8 Å². The zero-order valence-electron chi connectivity index (χ0n) is 16.1. The first-order valence-corrected chi connectivity index (χ1v) is 9.45. The molecule has 29 heavy (non-hydrogen) atoms. The Morgan fingerprint density at radius 3 is 2.79 bits per heavy atom. The summed E-state index contributed by atoms with van der Waals surface area (Å²) in [5.41, 5.74) is 6.44. The van der Waals surface area contributed by atoms with Gasteiger partial charge in [0.1, 0.15) is 23.2 Å². The van der Waals surface area contributed by atoms with Crippen LogP contribution >= 0.6 is 0 Å². The van der Waals surface area contributed by atoms with E-state index < -0.39 is 19.1 Å². The Labute approximate surface area is 168 Å². The first-order valence-electron chi connectivity index (χ1n) is 9.45. The largest absolute Gasteiger partial charge is 0.535 e. The third-order valence-corrected chi connectivity index (χ3v) is 4.93. The average molecular weight is 405 g/mol. The van der Waals surface area contributed by atoms with E-state index in [9.17, 15) is 24.5 Å². The molecule has 1 saturated heterocycles. The van der Waals surface area contributed by atoms with Gasteiger partial charge < -0.3 is 35.5 Å². The topological polar surface area (TPSA) is 151 Å². The summed E-state index contributed by atoms with van der Waals surface area (Å²) < 4.78 is 11.1. The lowest BCUT2D eigenvalue weighted by Crippen LogP contribution is -2.60. The monoisotopic (exact) mass is 405 g/mol. The van der Waals surface area contributed by atoms with Crippen LogP contribution in [0, 0.1) is 0 Å².